The fourth-order valence-corrected chi connectivity index (χ4v) is 3.18. The van der Waals surface area contributed by atoms with Gasteiger partial charge in [-0.3, -0.25) is 4.79 Å². The second kappa shape index (κ2) is 7.01. The molecule has 24 heavy (non-hydrogen) atoms. The van der Waals surface area contributed by atoms with Crippen molar-refractivity contribution >= 4 is 34.3 Å². The first-order valence-electron chi connectivity index (χ1n) is 7.57. The molecular weight excluding hydrogens is 323 g/mol. The van der Waals surface area contributed by atoms with Crippen LogP contribution >= 0.6 is 11.8 Å². The quantitative estimate of drug-likeness (QED) is 0.699. The molecule has 0 radical (unpaired) electrons. The molecule has 0 aliphatic carbocycles. The van der Waals surface area contributed by atoms with E-state index in [1.165, 1.54) is 29.5 Å². The molecule has 1 N–H and O–H groups in total. The number of rotatable bonds is 4. The number of amides is 1. The molecule has 5 heteroatoms. The molecule has 1 amide bonds. The number of carbonyl (C=O) groups is 1. The Morgan fingerprint density at radius 3 is 2.62 bits per heavy atom. The van der Waals surface area contributed by atoms with Crippen LogP contribution in [0.2, 0.25) is 0 Å². The predicted octanol–water partition coefficient (Wildman–Crippen LogP) is 4.72. The molecule has 0 saturated heterocycles. The van der Waals surface area contributed by atoms with Crippen LogP contribution in [0.1, 0.15) is 11.1 Å². The summed E-state index contributed by atoms with van der Waals surface area (Å²) in [5.74, 6) is -0.215. The number of nitrogens with zero attached hydrogens (tertiary/aromatic N) is 1. The van der Waals surface area contributed by atoms with E-state index in [1.807, 2.05) is 19.1 Å². The van der Waals surface area contributed by atoms with Crippen LogP contribution in [0, 0.1) is 19.7 Å². The summed E-state index contributed by atoms with van der Waals surface area (Å²) in [6.45, 7) is 4.05. The van der Waals surface area contributed by atoms with Gasteiger partial charge in [-0.2, -0.15) is 0 Å². The van der Waals surface area contributed by atoms with Crippen molar-refractivity contribution in [1.82, 2.24) is 4.98 Å². The van der Waals surface area contributed by atoms with Crippen molar-refractivity contribution in [2.45, 2.75) is 18.9 Å². The van der Waals surface area contributed by atoms with Gasteiger partial charge in [0.05, 0.1) is 11.3 Å². The first-order chi connectivity index (χ1) is 11.5. The number of benzene rings is 2. The van der Waals surface area contributed by atoms with Crippen molar-refractivity contribution in [3.8, 4) is 0 Å². The summed E-state index contributed by atoms with van der Waals surface area (Å²) in [7, 11) is 0. The lowest BCUT2D eigenvalue weighted by molar-refractivity contribution is -0.113. The van der Waals surface area contributed by atoms with E-state index in [2.05, 4.69) is 29.4 Å². The van der Waals surface area contributed by atoms with E-state index in [0.29, 0.717) is 5.69 Å². The van der Waals surface area contributed by atoms with Gasteiger partial charge in [0.15, 0.2) is 0 Å². The number of aryl methyl sites for hydroxylation is 2. The third-order valence-corrected chi connectivity index (χ3v) is 4.68. The molecule has 0 fully saturated rings. The highest BCUT2D eigenvalue weighted by molar-refractivity contribution is 8.00. The standard InChI is InChI=1S/C19H17FN2OS/c1-12-3-8-17-14(9-12)10-13(2)19(22-17)24-11-18(23)21-16-6-4-15(20)5-7-16/h3-10H,11H2,1-2H3,(H,21,23). The Hall–Kier alpha value is -2.40. The number of pyridine rings is 1. The van der Waals surface area contributed by atoms with Gasteiger partial charge in [-0.25, -0.2) is 9.37 Å². The fraction of sp³-hybridized carbons (Fsp3) is 0.158. The van der Waals surface area contributed by atoms with Crippen LogP contribution in [0.25, 0.3) is 10.9 Å². The third-order valence-electron chi connectivity index (χ3n) is 3.58. The number of carbonyl (C=O) groups excluding carboxylic acids is 1. The second-order valence-corrected chi connectivity index (χ2v) is 6.61. The van der Waals surface area contributed by atoms with Crippen LogP contribution in [0.15, 0.2) is 53.6 Å². The highest BCUT2D eigenvalue weighted by Gasteiger charge is 2.08. The Kier molecular flexibility index (Phi) is 4.81. The summed E-state index contributed by atoms with van der Waals surface area (Å²) < 4.78 is 12.9. The highest BCUT2D eigenvalue weighted by atomic mass is 32.2. The first-order valence-corrected chi connectivity index (χ1v) is 8.56. The summed E-state index contributed by atoms with van der Waals surface area (Å²) in [5.41, 5.74) is 3.75. The lowest BCUT2D eigenvalue weighted by Gasteiger charge is -2.08. The van der Waals surface area contributed by atoms with E-state index in [1.54, 1.807) is 12.1 Å². The molecule has 3 rings (SSSR count). The van der Waals surface area contributed by atoms with Crippen LogP contribution in [-0.2, 0) is 4.79 Å². The lowest BCUT2D eigenvalue weighted by Crippen LogP contribution is -2.14. The molecule has 0 spiro atoms. The number of thioether (sulfide) groups is 1. The van der Waals surface area contributed by atoms with Crippen LogP contribution in [0.5, 0.6) is 0 Å². The van der Waals surface area contributed by atoms with Gasteiger partial charge in [0.1, 0.15) is 10.8 Å². The first kappa shape index (κ1) is 16.5. The van der Waals surface area contributed by atoms with Crippen LogP contribution in [0.3, 0.4) is 0 Å². The van der Waals surface area contributed by atoms with Crippen molar-refractivity contribution < 1.29 is 9.18 Å². The van der Waals surface area contributed by atoms with Gasteiger partial charge in [-0.05, 0) is 61.9 Å². The number of nitrogens with one attached hydrogen (secondary N) is 1. The fourth-order valence-electron chi connectivity index (χ4n) is 2.39. The Balaban J connectivity index is 1.68. The van der Waals surface area contributed by atoms with Crippen molar-refractivity contribution in [3.63, 3.8) is 0 Å². The molecule has 0 atom stereocenters. The van der Waals surface area contributed by atoms with E-state index < -0.39 is 0 Å². The summed E-state index contributed by atoms with van der Waals surface area (Å²) >= 11 is 1.40. The van der Waals surface area contributed by atoms with Gasteiger partial charge < -0.3 is 5.32 Å². The molecule has 0 bridgehead atoms. The molecule has 0 unspecified atom stereocenters. The zero-order chi connectivity index (χ0) is 17.1. The van der Waals surface area contributed by atoms with Gasteiger partial charge >= 0.3 is 0 Å². The van der Waals surface area contributed by atoms with Gasteiger partial charge in [0.2, 0.25) is 5.91 Å². The average Bonchev–Trinajstić information content (AvgIpc) is 2.55. The largest absolute Gasteiger partial charge is 0.325 e. The molecule has 122 valence electrons. The minimum Gasteiger partial charge on any atom is -0.325 e. The second-order valence-electron chi connectivity index (χ2n) is 5.65. The van der Waals surface area contributed by atoms with Crippen LogP contribution in [-0.4, -0.2) is 16.6 Å². The third kappa shape index (κ3) is 3.92. The zero-order valence-electron chi connectivity index (χ0n) is 13.5. The number of hydrogen-bond acceptors (Lipinski definition) is 3. The smallest absolute Gasteiger partial charge is 0.234 e. The van der Waals surface area contributed by atoms with E-state index in [4.69, 9.17) is 0 Å². The van der Waals surface area contributed by atoms with Crippen molar-refractivity contribution in [3.05, 3.63) is 65.5 Å². The maximum atomic E-state index is 12.9. The molecule has 0 aliphatic rings. The number of aromatic nitrogens is 1. The van der Waals surface area contributed by atoms with Crippen molar-refractivity contribution in [2.24, 2.45) is 0 Å². The number of fused-ring (bicyclic) bond motifs is 1. The van der Waals surface area contributed by atoms with E-state index in [0.717, 1.165) is 21.5 Å². The highest BCUT2D eigenvalue weighted by Crippen LogP contribution is 2.25. The van der Waals surface area contributed by atoms with Crippen LogP contribution < -0.4 is 5.32 Å². The van der Waals surface area contributed by atoms with Gasteiger partial charge in [-0.1, -0.05) is 23.4 Å². The Morgan fingerprint density at radius 1 is 1.12 bits per heavy atom. The molecule has 0 aliphatic heterocycles. The molecular formula is C19H17FN2OS. The summed E-state index contributed by atoms with van der Waals surface area (Å²) in [6.07, 6.45) is 0. The molecule has 0 saturated carbocycles. The van der Waals surface area contributed by atoms with Gasteiger partial charge in [0, 0.05) is 11.1 Å². The summed E-state index contributed by atoms with van der Waals surface area (Å²) in [5, 5.41) is 4.70. The van der Waals surface area contributed by atoms with Gasteiger partial charge in [-0.15, -0.1) is 0 Å². The normalized spacial score (nSPS) is 10.8. The number of anilines is 1. The Labute approximate surface area is 144 Å². The minimum absolute atomic E-state index is 0.142. The van der Waals surface area contributed by atoms with Gasteiger partial charge in [0.25, 0.3) is 0 Å². The summed E-state index contributed by atoms with van der Waals surface area (Å²) in [6, 6.07) is 13.9. The molecule has 1 aromatic heterocycles. The van der Waals surface area contributed by atoms with Crippen molar-refractivity contribution in [2.75, 3.05) is 11.1 Å². The molecule has 3 aromatic rings. The monoisotopic (exact) mass is 340 g/mol. The maximum absolute atomic E-state index is 12.9. The Morgan fingerprint density at radius 2 is 1.88 bits per heavy atom. The maximum Gasteiger partial charge on any atom is 0.234 e. The summed E-state index contributed by atoms with van der Waals surface area (Å²) in [4.78, 5) is 16.7. The molecule has 3 nitrogen and oxygen atoms in total. The Bertz CT molecular complexity index is 894. The predicted molar refractivity (Wildman–Crippen MR) is 97.0 cm³/mol. The minimum atomic E-state index is -0.325. The number of hydrogen-bond donors (Lipinski definition) is 1. The van der Waals surface area contributed by atoms with E-state index >= 15 is 0 Å². The van der Waals surface area contributed by atoms with E-state index in [-0.39, 0.29) is 17.5 Å². The number of halogens is 1. The molecule has 2 aromatic carbocycles. The van der Waals surface area contributed by atoms with E-state index in [9.17, 15) is 9.18 Å². The van der Waals surface area contributed by atoms with Crippen LogP contribution in [0.4, 0.5) is 10.1 Å². The average molecular weight is 340 g/mol. The SMILES string of the molecule is Cc1ccc2nc(SCC(=O)Nc3ccc(F)cc3)c(C)cc2c1. The molecule has 1 heterocycles. The lowest BCUT2D eigenvalue weighted by atomic mass is 10.1. The topological polar surface area (TPSA) is 42.0 Å². The zero-order valence-corrected chi connectivity index (χ0v) is 14.3. The van der Waals surface area contributed by atoms with Crippen molar-refractivity contribution in [1.29, 1.82) is 0 Å².